The maximum atomic E-state index is 10.9. The van der Waals surface area contributed by atoms with Gasteiger partial charge in [-0.25, -0.2) is 4.79 Å². The highest BCUT2D eigenvalue weighted by Crippen LogP contribution is 2.19. The van der Waals surface area contributed by atoms with Gasteiger partial charge in [-0.1, -0.05) is 6.07 Å². The molecule has 0 aliphatic heterocycles. The molecule has 0 fully saturated rings. The van der Waals surface area contributed by atoms with E-state index in [1.807, 2.05) is 6.07 Å². The number of rotatable bonds is 3. The molecule has 0 amide bonds. The van der Waals surface area contributed by atoms with Crippen molar-refractivity contribution in [2.45, 2.75) is 0 Å². The fourth-order valence-corrected chi connectivity index (χ4v) is 1.14. The van der Waals surface area contributed by atoms with Gasteiger partial charge in [-0.15, -0.1) is 0 Å². The van der Waals surface area contributed by atoms with Crippen LogP contribution >= 0.6 is 0 Å². The minimum Gasteiger partial charge on any atom is -0.495 e. The van der Waals surface area contributed by atoms with Crippen molar-refractivity contribution in [1.29, 1.82) is 5.26 Å². The Bertz CT molecular complexity index is 458. The third-order valence-electron chi connectivity index (χ3n) is 1.96. The van der Waals surface area contributed by atoms with E-state index in [2.05, 4.69) is 4.74 Å². The summed E-state index contributed by atoms with van der Waals surface area (Å²) in [7, 11) is 2.80. The lowest BCUT2D eigenvalue weighted by Gasteiger charge is -2.02. The summed E-state index contributed by atoms with van der Waals surface area (Å²) in [4.78, 5) is 10.9. The van der Waals surface area contributed by atoms with E-state index < -0.39 is 5.97 Å². The summed E-state index contributed by atoms with van der Waals surface area (Å²) >= 11 is 0. The van der Waals surface area contributed by atoms with Crippen LogP contribution < -0.4 is 4.74 Å². The van der Waals surface area contributed by atoms with Crippen LogP contribution in [0.5, 0.6) is 5.75 Å². The number of benzene rings is 1. The SMILES string of the molecule is COC(=O)C=Cc1ccc(C#N)c(OC)c1. The Balaban J connectivity index is 2.96. The van der Waals surface area contributed by atoms with E-state index in [1.165, 1.54) is 20.3 Å². The third-order valence-corrected chi connectivity index (χ3v) is 1.96. The van der Waals surface area contributed by atoms with Crippen molar-refractivity contribution in [2.75, 3.05) is 14.2 Å². The van der Waals surface area contributed by atoms with Crippen molar-refractivity contribution < 1.29 is 14.3 Å². The Labute approximate surface area is 93.7 Å². The van der Waals surface area contributed by atoms with E-state index in [9.17, 15) is 4.79 Å². The van der Waals surface area contributed by atoms with E-state index in [0.717, 1.165) is 5.56 Å². The van der Waals surface area contributed by atoms with Gasteiger partial charge in [0.1, 0.15) is 11.8 Å². The number of esters is 1. The van der Waals surface area contributed by atoms with Crippen molar-refractivity contribution in [3.05, 3.63) is 35.4 Å². The van der Waals surface area contributed by atoms with Crippen LogP contribution in [-0.2, 0) is 9.53 Å². The first kappa shape index (κ1) is 11.8. The van der Waals surface area contributed by atoms with Gasteiger partial charge in [0, 0.05) is 6.08 Å². The first-order valence-corrected chi connectivity index (χ1v) is 4.55. The van der Waals surface area contributed by atoms with Gasteiger partial charge < -0.3 is 9.47 Å². The highest BCUT2D eigenvalue weighted by molar-refractivity contribution is 5.87. The van der Waals surface area contributed by atoms with Crippen LogP contribution in [0.4, 0.5) is 0 Å². The first-order chi connectivity index (χ1) is 7.71. The Kier molecular flexibility index (Phi) is 4.10. The zero-order chi connectivity index (χ0) is 12.0. The summed E-state index contributed by atoms with van der Waals surface area (Å²) in [6.45, 7) is 0. The predicted octanol–water partition coefficient (Wildman–Crippen LogP) is 1.75. The molecule has 0 saturated carbocycles. The normalized spacial score (nSPS) is 9.81. The number of carbonyl (C=O) groups is 1. The van der Waals surface area contributed by atoms with Gasteiger partial charge in [0.2, 0.25) is 0 Å². The molecule has 0 bridgehead atoms. The number of carbonyl (C=O) groups excluding carboxylic acids is 1. The summed E-state index contributed by atoms with van der Waals surface area (Å²) in [6.07, 6.45) is 2.90. The summed E-state index contributed by atoms with van der Waals surface area (Å²) in [6, 6.07) is 7.05. The molecule has 4 heteroatoms. The van der Waals surface area contributed by atoms with Crippen molar-refractivity contribution in [3.8, 4) is 11.8 Å². The van der Waals surface area contributed by atoms with Crippen LogP contribution in [0.15, 0.2) is 24.3 Å². The standard InChI is InChI=1S/C12H11NO3/c1-15-11-7-9(3-5-10(11)8-13)4-6-12(14)16-2/h3-7H,1-2H3. The molecule has 0 heterocycles. The second-order valence-corrected chi connectivity index (χ2v) is 2.93. The smallest absolute Gasteiger partial charge is 0.330 e. The molecule has 0 aromatic heterocycles. The highest BCUT2D eigenvalue weighted by atomic mass is 16.5. The number of hydrogen-bond acceptors (Lipinski definition) is 4. The first-order valence-electron chi connectivity index (χ1n) is 4.55. The molecule has 4 nitrogen and oxygen atoms in total. The molecule has 0 saturated heterocycles. The van der Waals surface area contributed by atoms with Gasteiger partial charge in [-0.2, -0.15) is 5.26 Å². The molecular formula is C12H11NO3. The van der Waals surface area contributed by atoms with Gasteiger partial charge in [0.25, 0.3) is 0 Å². The van der Waals surface area contributed by atoms with E-state index in [1.54, 1.807) is 24.3 Å². The lowest BCUT2D eigenvalue weighted by molar-refractivity contribution is -0.134. The lowest BCUT2D eigenvalue weighted by atomic mass is 10.1. The Hall–Kier alpha value is -2.28. The Morgan fingerprint density at radius 2 is 2.19 bits per heavy atom. The van der Waals surface area contributed by atoms with Crippen molar-refractivity contribution in [3.63, 3.8) is 0 Å². The summed E-state index contributed by atoms with van der Waals surface area (Å²) in [5.41, 5.74) is 1.22. The number of hydrogen-bond donors (Lipinski definition) is 0. The quantitative estimate of drug-likeness (QED) is 0.571. The number of methoxy groups -OCH3 is 2. The van der Waals surface area contributed by atoms with Crippen molar-refractivity contribution in [2.24, 2.45) is 0 Å². The number of nitriles is 1. The zero-order valence-corrected chi connectivity index (χ0v) is 9.06. The van der Waals surface area contributed by atoms with Crippen molar-refractivity contribution in [1.82, 2.24) is 0 Å². The van der Waals surface area contributed by atoms with Gasteiger partial charge in [0.05, 0.1) is 19.8 Å². The predicted molar refractivity (Wildman–Crippen MR) is 58.8 cm³/mol. The molecule has 0 unspecified atom stereocenters. The van der Waals surface area contributed by atoms with E-state index >= 15 is 0 Å². The fraction of sp³-hybridized carbons (Fsp3) is 0.167. The van der Waals surface area contributed by atoms with Crippen LogP contribution in [-0.4, -0.2) is 20.2 Å². The molecule has 0 aliphatic rings. The Morgan fingerprint density at radius 1 is 1.44 bits per heavy atom. The minimum absolute atomic E-state index is 0.427. The average molecular weight is 217 g/mol. The molecule has 0 atom stereocenters. The van der Waals surface area contributed by atoms with E-state index in [0.29, 0.717) is 11.3 Å². The molecule has 1 aromatic carbocycles. The summed E-state index contributed by atoms with van der Waals surface area (Å²) in [5, 5.41) is 8.77. The maximum absolute atomic E-state index is 10.9. The molecule has 0 aliphatic carbocycles. The van der Waals surface area contributed by atoms with Gasteiger partial charge in [-0.3, -0.25) is 0 Å². The molecule has 82 valence electrons. The fourth-order valence-electron chi connectivity index (χ4n) is 1.14. The van der Waals surface area contributed by atoms with Crippen LogP contribution in [0.25, 0.3) is 6.08 Å². The van der Waals surface area contributed by atoms with Crippen LogP contribution in [0, 0.1) is 11.3 Å². The van der Waals surface area contributed by atoms with Crippen LogP contribution in [0.3, 0.4) is 0 Å². The van der Waals surface area contributed by atoms with Gasteiger partial charge in [-0.05, 0) is 23.8 Å². The van der Waals surface area contributed by atoms with Crippen molar-refractivity contribution >= 4 is 12.0 Å². The monoisotopic (exact) mass is 217 g/mol. The lowest BCUT2D eigenvalue weighted by Crippen LogP contribution is -1.93. The van der Waals surface area contributed by atoms with Gasteiger partial charge in [0.15, 0.2) is 0 Å². The molecule has 0 N–H and O–H groups in total. The number of nitrogens with zero attached hydrogens (tertiary/aromatic N) is 1. The maximum Gasteiger partial charge on any atom is 0.330 e. The minimum atomic E-state index is -0.427. The molecule has 0 radical (unpaired) electrons. The molecule has 1 rings (SSSR count). The van der Waals surface area contributed by atoms with E-state index in [4.69, 9.17) is 10.00 Å². The van der Waals surface area contributed by atoms with Gasteiger partial charge >= 0.3 is 5.97 Å². The largest absolute Gasteiger partial charge is 0.495 e. The average Bonchev–Trinajstić information content (AvgIpc) is 2.35. The second kappa shape index (κ2) is 5.56. The second-order valence-electron chi connectivity index (χ2n) is 2.93. The van der Waals surface area contributed by atoms with Crippen LogP contribution in [0.1, 0.15) is 11.1 Å². The number of ether oxygens (including phenoxy) is 2. The third kappa shape index (κ3) is 2.85. The summed E-state index contributed by atoms with van der Waals surface area (Å²) in [5.74, 6) is 0.0536. The van der Waals surface area contributed by atoms with Crippen LogP contribution in [0.2, 0.25) is 0 Å². The zero-order valence-electron chi connectivity index (χ0n) is 9.06. The molecular weight excluding hydrogens is 206 g/mol. The molecule has 0 spiro atoms. The highest BCUT2D eigenvalue weighted by Gasteiger charge is 2.02. The van der Waals surface area contributed by atoms with E-state index in [-0.39, 0.29) is 0 Å². The Morgan fingerprint density at radius 3 is 2.75 bits per heavy atom. The topological polar surface area (TPSA) is 59.3 Å². The summed E-state index contributed by atoms with van der Waals surface area (Å²) < 4.78 is 9.50. The molecule has 1 aromatic rings. The molecule has 16 heavy (non-hydrogen) atoms.